The molecule has 1 aliphatic heterocycles. The molecular weight excluding hydrogens is 294 g/mol. The number of aromatic nitrogens is 2. The number of aryl methyl sites for hydroxylation is 1. The van der Waals surface area contributed by atoms with Gasteiger partial charge in [0.2, 0.25) is 0 Å². The van der Waals surface area contributed by atoms with Gasteiger partial charge in [0.05, 0.1) is 12.6 Å². The number of anilines is 1. The Morgan fingerprint density at radius 3 is 3.11 bits per heavy atom. The fourth-order valence-corrected chi connectivity index (χ4v) is 2.56. The Labute approximate surface area is 114 Å². The van der Waals surface area contributed by atoms with Gasteiger partial charge in [-0.3, -0.25) is 4.68 Å². The van der Waals surface area contributed by atoms with Gasteiger partial charge in [-0.25, -0.2) is 0 Å². The molecule has 0 saturated carbocycles. The van der Waals surface area contributed by atoms with Crippen molar-refractivity contribution in [3.8, 4) is 5.75 Å². The Bertz CT molecular complexity index is 567. The quantitative estimate of drug-likeness (QED) is 0.926. The molecule has 0 fully saturated rings. The second-order valence-corrected chi connectivity index (χ2v) is 5.31. The number of ether oxygens (including phenoxy) is 1. The zero-order valence-electron chi connectivity index (χ0n) is 10.1. The van der Waals surface area contributed by atoms with Crippen molar-refractivity contribution >= 4 is 21.7 Å². The van der Waals surface area contributed by atoms with Gasteiger partial charge < -0.3 is 10.1 Å². The van der Waals surface area contributed by atoms with E-state index in [2.05, 4.69) is 32.4 Å². The van der Waals surface area contributed by atoms with Crippen LogP contribution >= 0.6 is 15.9 Å². The molecule has 0 amide bonds. The average molecular weight is 308 g/mol. The minimum atomic E-state index is 0.251. The molecule has 1 unspecified atom stereocenters. The second kappa shape index (κ2) is 4.65. The number of fused-ring (bicyclic) bond motifs is 1. The minimum absolute atomic E-state index is 0.251. The first kappa shape index (κ1) is 11.6. The lowest BCUT2D eigenvalue weighted by Gasteiger charge is -2.26. The SMILES string of the molecule is Cn1ccc(NC2CCOc3ccc(Br)cc32)n1. The lowest BCUT2D eigenvalue weighted by Crippen LogP contribution is -2.20. The fourth-order valence-electron chi connectivity index (χ4n) is 2.19. The molecule has 18 heavy (non-hydrogen) atoms. The number of halogens is 1. The summed E-state index contributed by atoms with van der Waals surface area (Å²) in [4.78, 5) is 0. The third-order valence-electron chi connectivity index (χ3n) is 3.05. The van der Waals surface area contributed by atoms with Crippen LogP contribution in [-0.4, -0.2) is 16.4 Å². The molecule has 0 bridgehead atoms. The normalized spacial score (nSPS) is 18.0. The third-order valence-corrected chi connectivity index (χ3v) is 3.54. The van der Waals surface area contributed by atoms with Crippen molar-refractivity contribution in [2.75, 3.05) is 11.9 Å². The van der Waals surface area contributed by atoms with Gasteiger partial charge in [-0.1, -0.05) is 15.9 Å². The van der Waals surface area contributed by atoms with Crippen molar-refractivity contribution in [2.24, 2.45) is 7.05 Å². The molecule has 1 atom stereocenters. The Kier molecular flexibility index (Phi) is 2.99. The summed E-state index contributed by atoms with van der Waals surface area (Å²) in [7, 11) is 1.92. The van der Waals surface area contributed by atoms with Crippen LogP contribution < -0.4 is 10.1 Å². The highest BCUT2D eigenvalue weighted by Crippen LogP contribution is 2.35. The Morgan fingerprint density at radius 1 is 1.44 bits per heavy atom. The Hall–Kier alpha value is -1.49. The molecule has 0 saturated heterocycles. The van der Waals surface area contributed by atoms with Crippen LogP contribution in [0, 0.1) is 0 Å². The van der Waals surface area contributed by atoms with Crippen LogP contribution in [0.1, 0.15) is 18.0 Å². The number of hydrogen-bond donors (Lipinski definition) is 1. The molecule has 5 heteroatoms. The van der Waals surface area contributed by atoms with Gasteiger partial charge in [-0.05, 0) is 18.2 Å². The maximum absolute atomic E-state index is 5.67. The first-order chi connectivity index (χ1) is 8.72. The summed E-state index contributed by atoms with van der Waals surface area (Å²) in [6.07, 6.45) is 2.88. The number of rotatable bonds is 2. The number of nitrogens with zero attached hydrogens (tertiary/aromatic N) is 2. The highest BCUT2D eigenvalue weighted by atomic mass is 79.9. The third kappa shape index (κ3) is 2.22. The standard InChI is InChI=1S/C13H14BrN3O/c1-17-6-4-13(16-17)15-11-5-7-18-12-3-2-9(14)8-10(11)12/h2-4,6,8,11H,5,7H2,1H3,(H,15,16). The molecule has 1 aliphatic rings. The summed E-state index contributed by atoms with van der Waals surface area (Å²) in [6.45, 7) is 0.735. The topological polar surface area (TPSA) is 39.1 Å². The highest BCUT2D eigenvalue weighted by molar-refractivity contribution is 9.10. The van der Waals surface area contributed by atoms with Crippen molar-refractivity contribution in [3.05, 3.63) is 40.5 Å². The monoisotopic (exact) mass is 307 g/mol. The van der Waals surface area contributed by atoms with E-state index in [9.17, 15) is 0 Å². The predicted octanol–water partition coefficient (Wildman–Crippen LogP) is 3.12. The molecule has 0 aliphatic carbocycles. The Balaban J connectivity index is 1.88. The molecule has 1 aromatic carbocycles. The van der Waals surface area contributed by atoms with Crippen LogP contribution in [0.25, 0.3) is 0 Å². The number of hydrogen-bond acceptors (Lipinski definition) is 3. The smallest absolute Gasteiger partial charge is 0.148 e. The molecule has 1 N–H and O–H groups in total. The van der Waals surface area contributed by atoms with E-state index >= 15 is 0 Å². The van der Waals surface area contributed by atoms with E-state index in [-0.39, 0.29) is 6.04 Å². The van der Waals surface area contributed by atoms with Crippen LogP contribution in [0.3, 0.4) is 0 Å². The second-order valence-electron chi connectivity index (χ2n) is 4.39. The Morgan fingerprint density at radius 2 is 2.33 bits per heavy atom. The molecule has 1 aromatic heterocycles. The van der Waals surface area contributed by atoms with Crippen LogP contribution in [-0.2, 0) is 7.05 Å². The zero-order valence-corrected chi connectivity index (χ0v) is 11.6. The minimum Gasteiger partial charge on any atom is -0.493 e. The fraction of sp³-hybridized carbons (Fsp3) is 0.308. The number of benzene rings is 1. The van der Waals surface area contributed by atoms with Crippen molar-refractivity contribution < 1.29 is 4.74 Å². The van der Waals surface area contributed by atoms with Crippen molar-refractivity contribution in [2.45, 2.75) is 12.5 Å². The highest BCUT2D eigenvalue weighted by Gasteiger charge is 2.22. The van der Waals surface area contributed by atoms with Crippen LogP contribution in [0.4, 0.5) is 5.82 Å². The first-order valence-corrected chi connectivity index (χ1v) is 6.70. The van der Waals surface area contributed by atoms with E-state index in [4.69, 9.17) is 4.74 Å². The summed E-state index contributed by atoms with van der Waals surface area (Å²) < 4.78 is 8.53. The van der Waals surface area contributed by atoms with E-state index < -0.39 is 0 Å². The summed E-state index contributed by atoms with van der Waals surface area (Å²) in [5.74, 6) is 1.85. The van der Waals surface area contributed by atoms with E-state index in [0.717, 1.165) is 29.1 Å². The average Bonchev–Trinajstić information content (AvgIpc) is 2.76. The summed E-state index contributed by atoms with van der Waals surface area (Å²) >= 11 is 3.50. The summed E-state index contributed by atoms with van der Waals surface area (Å²) in [5.41, 5.74) is 1.18. The lowest BCUT2D eigenvalue weighted by molar-refractivity contribution is 0.274. The van der Waals surface area contributed by atoms with Gasteiger partial charge in [-0.15, -0.1) is 0 Å². The van der Waals surface area contributed by atoms with E-state index in [1.165, 1.54) is 5.56 Å². The molecule has 2 aromatic rings. The molecular formula is C13H14BrN3O. The molecule has 4 nitrogen and oxygen atoms in total. The van der Waals surface area contributed by atoms with Gasteiger partial charge in [-0.2, -0.15) is 5.10 Å². The van der Waals surface area contributed by atoms with Gasteiger partial charge in [0, 0.05) is 35.8 Å². The van der Waals surface area contributed by atoms with E-state index in [0.29, 0.717) is 0 Å². The summed E-state index contributed by atoms with van der Waals surface area (Å²) in [6, 6.07) is 8.34. The zero-order chi connectivity index (χ0) is 12.5. The van der Waals surface area contributed by atoms with Crippen LogP contribution in [0.5, 0.6) is 5.75 Å². The van der Waals surface area contributed by atoms with Crippen LogP contribution in [0.15, 0.2) is 34.9 Å². The first-order valence-electron chi connectivity index (χ1n) is 5.91. The molecule has 94 valence electrons. The van der Waals surface area contributed by atoms with Crippen molar-refractivity contribution in [3.63, 3.8) is 0 Å². The summed E-state index contributed by atoms with van der Waals surface area (Å²) in [5, 5.41) is 7.81. The number of nitrogens with one attached hydrogen (secondary N) is 1. The van der Waals surface area contributed by atoms with Crippen molar-refractivity contribution in [1.29, 1.82) is 0 Å². The molecule has 0 spiro atoms. The van der Waals surface area contributed by atoms with Gasteiger partial charge >= 0.3 is 0 Å². The van der Waals surface area contributed by atoms with Crippen molar-refractivity contribution in [1.82, 2.24) is 9.78 Å². The molecule has 0 radical (unpaired) electrons. The van der Waals surface area contributed by atoms with Crippen LogP contribution in [0.2, 0.25) is 0 Å². The maximum atomic E-state index is 5.67. The van der Waals surface area contributed by atoms with Gasteiger partial charge in [0.25, 0.3) is 0 Å². The molecule has 3 rings (SSSR count). The lowest BCUT2D eigenvalue weighted by atomic mass is 10.0. The largest absolute Gasteiger partial charge is 0.493 e. The maximum Gasteiger partial charge on any atom is 0.148 e. The van der Waals surface area contributed by atoms with Gasteiger partial charge in [0.15, 0.2) is 0 Å². The molecule has 2 heterocycles. The van der Waals surface area contributed by atoms with E-state index in [1.807, 2.05) is 31.4 Å². The predicted molar refractivity (Wildman–Crippen MR) is 73.8 cm³/mol. The van der Waals surface area contributed by atoms with E-state index in [1.54, 1.807) is 4.68 Å². The van der Waals surface area contributed by atoms with Gasteiger partial charge in [0.1, 0.15) is 11.6 Å².